The van der Waals surface area contributed by atoms with E-state index >= 15 is 0 Å². The van der Waals surface area contributed by atoms with Crippen molar-refractivity contribution >= 4 is 0 Å². The molecular formula is C14H13O. The van der Waals surface area contributed by atoms with Crippen molar-refractivity contribution in [1.82, 2.24) is 0 Å². The molecule has 0 N–H and O–H groups in total. The summed E-state index contributed by atoms with van der Waals surface area (Å²) in [6, 6.07) is 18.2. The third-order valence-electron chi connectivity index (χ3n) is 2.26. The highest BCUT2D eigenvalue weighted by Gasteiger charge is 2.02. The van der Waals surface area contributed by atoms with Crippen LogP contribution in [-0.4, -0.2) is 7.11 Å². The molecule has 0 heterocycles. The summed E-state index contributed by atoms with van der Waals surface area (Å²) < 4.78 is 5.29. The number of methoxy groups -OCH3 is 1. The Labute approximate surface area is 90.3 Å². The van der Waals surface area contributed by atoms with Crippen LogP contribution in [0.1, 0.15) is 11.1 Å². The SMILES string of the molecule is COc1ccccc1[CH]c1ccccc1. The Morgan fingerprint density at radius 1 is 0.867 bits per heavy atom. The molecule has 0 aromatic heterocycles. The molecule has 0 saturated heterocycles. The summed E-state index contributed by atoms with van der Waals surface area (Å²) in [6.07, 6.45) is 2.11. The molecule has 0 aliphatic heterocycles. The zero-order chi connectivity index (χ0) is 10.5. The minimum atomic E-state index is 0.904. The van der Waals surface area contributed by atoms with E-state index in [0.717, 1.165) is 11.3 Å². The number of hydrogen-bond donors (Lipinski definition) is 0. The van der Waals surface area contributed by atoms with Crippen LogP contribution in [0.15, 0.2) is 54.6 Å². The van der Waals surface area contributed by atoms with Crippen LogP contribution in [0, 0.1) is 6.42 Å². The quantitative estimate of drug-likeness (QED) is 0.733. The van der Waals surface area contributed by atoms with Gasteiger partial charge in [0.25, 0.3) is 0 Å². The van der Waals surface area contributed by atoms with E-state index in [1.54, 1.807) is 7.11 Å². The van der Waals surface area contributed by atoms with Crippen molar-refractivity contribution < 1.29 is 4.74 Å². The Kier molecular flexibility index (Phi) is 3.03. The van der Waals surface area contributed by atoms with E-state index in [0.29, 0.717) is 0 Å². The van der Waals surface area contributed by atoms with Gasteiger partial charge in [0.15, 0.2) is 0 Å². The summed E-state index contributed by atoms with van der Waals surface area (Å²) in [5.41, 5.74) is 2.29. The van der Waals surface area contributed by atoms with Crippen LogP contribution < -0.4 is 4.74 Å². The molecular weight excluding hydrogens is 184 g/mol. The van der Waals surface area contributed by atoms with E-state index in [1.807, 2.05) is 42.5 Å². The normalized spacial score (nSPS) is 9.93. The van der Waals surface area contributed by atoms with Crippen LogP contribution >= 0.6 is 0 Å². The van der Waals surface area contributed by atoms with Gasteiger partial charge in [0.1, 0.15) is 5.75 Å². The number of ether oxygens (including phenoxy) is 1. The maximum absolute atomic E-state index is 5.29. The molecule has 2 aromatic rings. The first-order valence-corrected chi connectivity index (χ1v) is 4.93. The average Bonchev–Trinajstić information content (AvgIpc) is 2.31. The Morgan fingerprint density at radius 2 is 1.53 bits per heavy atom. The van der Waals surface area contributed by atoms with Crippen molar-refractivity contribution in [1.29, 1.82) is 0 Å². The Bertz CT molecular complexity index is 420. The second-order valence-electron chi connectivity index (χ2n) is 3.30. The predicted molar refractivity (Wildman–Crippen MR) is 61.9 cm³/mol. The Morgan fingerprint density at radius 3 is 2.27 bits per heavy atom. The highest BCUT2D eigenvalue weighted by Crippen LogP contribution is 2.22. The average molecular weight is 197 g/mol. The number of rotatable bonds is 3. The molecule has 1 radical (unpaired) electrons. The summed E-state index contributed by atoms with van der Waals surface area (Å²) in [7, 11) is 1.69. The third-order valence-corrected chi connectivity index (χ3v) is 2.26. The molecule has 0 amide bonds. The van der Waals surface area contributed by atoms with Crippen molar-refractivity contribution in [2.75, 3.05) is 7.11 Å². The summed E-state index contributed by atoms with van der Waals surface area (Å²) in [5.74, 6) is 0.904. The molecule has 0 atom stereocenters. The molecule has 0 unspecified atom stereocenters. The fourth-order valence-electron chi connectivity index (χ4n) is 1.51. The molecule has 0 spiro atoms. The van der Waals surface area contributed by atoms with Crippen LogP contribution in [0.5, 0.6) is 5.75 Å². The van der Waals surface area contributed by atoms with Crippen molar-refractivity contribution in [3.05, 3.63) is 72.1 Å². The maximum Gasteiger partial charge on any atom is 0.122 e. The molecule has 0 bridgehead atoms. The standard InChI is InChI=1S/C14H13O/c1-15-14-10-6-5-9-13(14)11-12-7-3-2-4-8-12/h2-11H,1H3. The molecule has 15 heavy (non-hydrogen) atoms. The second kappa shape index (κ2) is 4.65. The van der Waals surface area contributed by atoms with Gasteiger partial charge in [0, 0.05) is 12.0 Å². The fraction of sp³-hybridized carbons (Fsp3) is 0.0714. The molecule has 0 fully saturated rings. The minimum absolute atomic E-state index is 0.904. The topological polar surface area (TPSA) is 9.23 Å². The Balaban J connectivity index is 2.24. The summed E-state index contributed by atoms with van der Waals surface area (Å²) in [6.45, 7) is 0. The largest absolute Gasteiger partial charge is 0.496 e. The van der Waals surface area contributed by atoms with Crippen molar-refractivity contribution in [2.24, 2.45) is 0 Å². The molecule has 1 heteroatoms. The van der Waals surface area contributed by atoms with Crippen LogP contribution in [0.25, 0.3) is 0 Å². The van der Waals surface area contributed by atoms with E-state index in [4.69, 9.17) is 4.74 Å². The molecule has 2 rings (SSSR count). The van der Waals surface area contributed by atoms with E-state index in [2.05, 4.69) is 18.6 Å². The summed E-state index contributed by atoms with van der Waals surface area (Å²) in [4.78, 5) is 0. The maximum atomic E-state index is 5.29. The van der Waals surface area contributed by atoms with Crippen LogP contribution in [0.4, 0.5) is 0 Å². The lowest BCUT2D eigenvalue weighted by molar-refractivity contribution is 0.412. The van der Waals surface area contributed by atoms with Crippen LogP contribution in [0.3, 0.4) is 0 Å². The predicted octanol–water partition coefficient (Wildman–Crippen LogP) is 3.30. The van der Waals surface area contributed by atoms with Gasteiger partial charge in [-0.2, -0.15) is 0 Å². The molecule has 75 valence electrons. The lowest BCUT2D eigenvalue weighted by Crippen LogP contribution is -1.90. The molecule has 1 nitrogen and oxygen atoms in total. The third kappa shape index (κ3) is 2.38. The minimum Gasteiger partial charge on any atom is -0.496 e. The zero-order valence-electron chi connectivity index (χ0n) is 8.68. The fourth-order valence-corrected chi connectivity index (χ4v) is 1.51. The first-order chi connectivity index (χ1) is 7.40. The van der Waals surface area contributed by atoms with Gasteiger partial charge in [-0.25, -0.2) is 0 Å². The number of hydrogen-bond acceptors (Lipinski definition) is 1. The summed E-state index contributed by atoms with van der Waals surface area (Å²) >= 11 is 0. The van der Waals surface area contributed by atoms with Crippen molar-refractivity contribution in [3.63, 3.8) is 0 Å². The van der Waals surface area contributed by atoms with Gasteiger partial charge in [0.05, 0.1) is 7.11 Å². The number of benzene rings is 2. The molecule has 0 saturated carbocycles. The molecule has 2 aromatic carbocycles. The van der Waals surface area contributed by atoms with Gasteiger partial charge < -0.3 is 4.74 Å². The smallest absolute Gasteiger partial charge is 0.122 e. The van der Waals surface area contributed by atoms with Gasteiger partial charge in [-0.05, 0) is 11.6 Å². The second-order valence-corrected chi connectivity index (χ2v) is 3.30. The Hall–Kier alpha value is -1.76. The van der Waals surface area contributed by atoms with E-state index in [9.17, 15) is 0 Å². The monoisotopic (exact) mass is 197 g/mol. The highest BCUT2D eigenvalue weighted by atomic mass is 16.5. The molecule has 0 aliphatic rings. The highest BCUT2D eigenvalue weighted by molar-refractivity contribution is 5.45. The lowest BCUT2D eigenvalue weighted by Gasteiger charge is -2.07. The van der Waals surface area contributed by atoms with Crippen LogP contribution in [-0.2, 0) is 0 Å². The van der Waals surface area contributed by atoms with Crippen molar-refractivity contribution in [3.8, 4) is 5.75 Å². The van der Waals surface area contributed by atoms with E-state index < -0.39 is 0 Å². The van der Waals surface area contributed by atoms with E-state index in [1.165, 1.54) is 5.56 Å². The van der Waals surface area contributed by atoms with Crippen LogP contribution in [0.2, 0.25) is 0 Å². The van der Waals surface area contributed by atoms with Gasteiger partial charge in [-0.1, -0.05) is 48.5 Å². The van der Waals surface area contributed by atoms with Gasteiger partial charge >= 0.3 is 0 Å². The van der Waals surface area contributed by atoms with E-state index in [-0.39, 0.29) is 0 Å². The zero-order valence-corrected chi connectivity index (χ0v) is 8.68. The lowest BCUT2D eigenvalue weighted by atomic mass is 10.0. The van der Waals surface area contributed by atoms with Gasteiger partial charge in [-0.15, -0.1) is 0 Å². The van der Waals surface area contributed by atoms with Crippen molar-refractivity contribution in [2.45, 2.75) is 0 Å². The first-order valence-electron chi connectivity index (χ1n) is 4.93. The first kappa shape index (κ1) is 9.78. The molecule has 0 aliphatic carbocycles. The summed E-state index contributed by atoms with van der Waals surface area (Å²) in [5, 5.41) is 0. The van der Waals surface area contributed by atoms with Gasteiger partial charge in [0.2, 0.25) is 0 Å². The number of para-hydroxylation sites is 1. The van der Waals surface area contributed by atoms with Gasteiger partial charge in [-0.3, -0.25) is 0 Å².